The molecule has 0 nitrogen and oxygen atoms in total. The first-order valence-corrected chi connectivity index (χ1v) is 3.36. The molecule has 0 bridgehead atoms. The van der Waals surface area contributed by atoms with Crippen LogP contribution in [-0.4, -0.2) is 4.43 Å². The Morgan fingerprint density at radius 3 is 2.67 bits per heavy atom. The van der Waals surface area contributed by atoms with E-state index in [1.807, 2.05) is 19.1 Å². The molecule has 0 unspecified atom stereocenters. The molecule has 0 aliphatic heterocycles. The van der Waals surface area contributed by atoms with E-state index in [1.165, 1.54) is 0 Å². The summed E-state index contributed by atoms with van der Waals surface area (Å²) in [7, 11) is 0. The minimum absolute atomic E-state index is 1.06. The van der Waals surface area contributed by atoms with E-state index in [0.29, 0.717) is 0 Å². The molecule has 0 aliphatic carbocycles. The predicted molar refractivity (Wildman–Crippen MR) is 37.2 cm³/mol. The molecule has 34 valence electrons. The van der Waals surface area contributed by atoms with Gasteiger partial charge in [0.25, 0.3) is 0 Å². The van der Waals surface area contributed by atoms with Crippen molar-refractivity contribution in [2.75, 3.05) is 4.43 Å². The maximum atomic E-state index is 2.94. The number of halogens is 1. The SMILES string of the molecule is CC=C=CCI. The molecule has 0 spiro atoms. The van der Waals surface area contributed by atoms with Crippen molar-refractivity contribution in [1.82, 2.24) is 0 Å². The first-order valence-electron chi connectivity index (χ1n) is 1.83. The molecule has 0 aromatic rings. The van der Waals surface area contributed by atoms with E-state index < -0.39 is 0 Å². The number of alkyl halides is 1. The summed E-state index contributed by atoms with van der Waals surface area (Å²) in [4.78, 5) is 0. The van der Waals surface area contributed by atoms with E-state index in [1.54, 1.807) is 0 Å². The molecule has 0 amide bonds. The highest BCUT2D eigenvalue weighted by atomic mass is 127. The fourth-order valence-electron chi connectivity index (χ4n) is 0.162. The smallest absolute Gasteiger partial charge is 0.0251 e. The molecule has 0 heterocycles. The van der Waals surface area contributed by atoms with Crippen molar-refractivity contribution in [3.63, 3.8) is 0 Å². The van der Waals surface area contributed by atoms with E-state index in [0.717, 1.165) is 4.43 Å². The van der Waals surface area contributed by atoms with Gasteiger partial charge in [-0.15, -0.1) is 5.73 Å². The second-order valence-corrected chi connectivity index (χ2v) is 1.69. The third-order valence-corrected chi connectivity index (χ3v) is 0.802. The molecule has 1 heteroatoms. The summed E-state index contributed by atoms with van der Waals surface area (Å²) in [6, 6.07) is 0. The van der Waals surface area contributed by atoms with Crippen molar-refractivity contribution in [3.8, 4) is 0 Å². The van der Waals surface area contributed by atoms with Crippen LogP contribution < -0.4 is 0 Å². The fraction of sp³-hybridized carbons (Fsp3) is 0.400. The lowest BCUT2D eigenvalue weighted by molar-refractivity contribution is 1.74. The second kappa shape index (κ2) is 5.25. The van der Waals surface area contributed by atoms with Crippen LogP contribution in [-0.2, 0) is 0 Å². The molecule has 0 aliphatic rings. The zero-order valence-corrected chi connectivity index (χ0v) is 5.90. The second-order valence-electron chi connectivity index (χ2n) is 0.814. The summed E-state index contributed by atoms with van der Waals surface area (Å²) in [5.41, 5.74) is 2.94. The number of hydrogen-bond donors (Lipinski definition) is 0. The highest BCUT2D eigenvalue weighted by molar-refractivity contribution is 14.1. The molecule has 0 aromatic carbocycles. The number of hydrogen-bond acceptors (Lipinski definition) is 0. The van der Waals surface area contributed by atoms with Crippen LogP contribution in [0.1, 0.15) is 6.92 Å². The Balaban J connectivity index is 3.18. The van der Waals surface area contributed by atoms with Crippen molar-refractivity contribution >= 4 is 22.6 Å². The lowest BCUT2D eigenvalue weighted by atomic mass is 10.6. The Kier molecular flexibility index (Phi) is 5.47. The zero-order valence-electron chi connectivity index (χ0n) is 3.74. The Hall–Kier alpha value is 0.250. The molecule has 0 atom stereocenters. The Morgan fingerprint density at radius 1 is 1.83 bits per heavy atom. The molecule has 0 saturated heterocycles. The van der Waals surface area contributed by atoms with Crippen molar-refractivity contribution in [3.05, 3.63) is 17.9 Å². The minimum atomic E-state index is 1.06. The van der Waals surface area contributed by atoms with E-state index in [2.05, 4.69) is 28.3 Å². The average molecular weight is 194 g/mol. The van der Waals surface area contributed by atoms with Gasteiger partial charge in [0.15, 0.2) is 0 Å². The quantitative estimate of drug-likeness (QED) is 0.341. The van der Waals surface area contributed by atoms with Gasteiger partial charge in [0, 0.05) is 4.43 Å². The first kappa shape index (κ1) is 6.25. The van der Waals surface area contributed by atoms with Crippen LogP contribution in [0, 0.1) is 0 Å². The van der Waals surface area contributed by atoms with Crippen molar-refractivity contribution < 1.29 is 0 Å². The summed E-state index contributed by atoms with van der Waals surface area (Å²) in [5, 5.41) is 0. The third-order valence-electron chi connectivity index (χ3n) is 0.362. The average Bonchev–Trinajstić information content (AvgIpc) is 1.61. The van der Waals surface area contributed by atoms with Gasteiger partial charge in [0.1, 0.15) is 0 Å². The van der Waals surface area contributed by atoms with E-state index in [4.69, 9.17) is 0 Å². The first-order chi connectivity index (χ1) is 2.91. The van der Waals surface area contributed by atoms with Gasteiger partial charge in [0.05, 0.1) is 0 Å². The Labute approximate surface area is 52.1 Å². The van der Waals surface area contributed by atoms with Gasteiger partial charge in [-0.1, -0.05) is 22.6 Å². The lowest BCUT2D eigenvalue weighted by Gasteiger charge is -1.60. The highest BCUT2D eigenvalue weighted by Gasteiger charge is 1.54. The maximum absolute atomic E-state index is 2.94. The van der Waals surface area contributed by atoms with Crippen LogP contribution in [0.25, 0.3) is 0 Å². The van der Waals surface area contributed by atoms with E-state index in [9.17, 15) is 0 Å². The summed E-state index contributed by atoms with van der Waals surface area (Å²) in [6.07, 6.45) is 3.89. The Morgan fingerprint density at radius 2 is 2.50 bits per heavy atom. The molecule has 0 saturated carbocycles. The van der Waals surface area contributed by atoms with Gasteiger partial charge >= 0.3 is 0 Å². The topological polar surface area (TPSA) is 0 Å². The molecule has 0 N–H and O–H groups in total. The molecular weight excluding hydrogens is 187 g/mol. The van der Waals surface area contributed by atoms with Crippen LogP contribution in [0.3, 0.4) is 0 Å². The minimum Gasteiger partial charge on any atom is -0.129 e. The molecule has 0 aromatic heterocycles. The van der Waals surface area contributed by atoms with Crippen LogP contribution in [0.2, 0.25) is 0 Å². The van der Waals surface area contributed by atoms with Gasteiger partial charge in [-0.3, -0.25) is 0 Å². The van der Waals surface area contributed by atoms with E-state index in [-0.39, 0.29) is 0 Å². The van der Waals surface area contributed by atoms with Crippen LogP contribution in [0.5, 0.6) is 0 Å². The summed E-state index contributed by atoms with van der Waals surface area (Å²) >= 11 is 2.27. The van der Waals surface area contributed by atoms with Gasteiger partial charge in [-0.05, 0) is 19.1 Å². The van der Waals surface area contributed by atoms with Crippen molar-refractivity contribution in [1.29, 1.82) is 0 Å². The molecular formula is C5H7I. The predicted octanol–water partition coefficient (Wildman–Crippen LogP) is 2.15. The normalized spacial score (nSPS) is 6.33. The third kappa shape index (κ3) is 4.25. The molecule has 6 heavy (non-hydrogen) atoms. The van der Waals surface area contributed by atoms with Crippen molar-refractivity contribution in [2.45, 2.75) is 6.92 Å². The van der Waals surface area contributed by atoms with Crippen molar-refractivity contribution in [2.24, 2.45) is 0 Å². The number of rotatable bonds is 1. The van der Waals surface area contributed by atoms with E-state index >= 15 is 0 Å². The van der Waals surface area contributed by atoms with Gasteiger partial charge < -0.3 is 0 Å². The zero-order chi connectivity index (χ0) is 4.83. The maximum Gasteiger partial charge on any atom is 0.0251 e. The Bertz CT molecular complexity index is 68.0. The van der Waals surface area contributed by atoms with Gasteiger partial charge in [0.2, 0.25) is 0 Å². The van der Waals surface area contributed by atoms with Gasteiger partial charge in [-0.2, -0.15) is 0 Å². The lowest BCUT2D eigenvalue weighted by Crippen LogP contribution is -1.47. The summed E-state index contributed by atoms with van der Waals surface area (Å²) in [5.74, 6) is 0. The summed E-state index contributed by atoms with van der Waals surface area (Å²) in [6.45, 7) is 1.96. The molecule has 0 radical (unpaired) electrons. The monoisotopic (exact) mass is 194 g/mol. The van der Waals surface area contributed by atoms with Crippen LogP contribution >= 0.6 is 22.6 Å². The van der Waals surface area contributed by atoms with Gasteiger partial charge in [-0.25, -0.2) is 0 Å². The standard InChI is InChI=1S/C5H7I/c1-2-3-4-5-6/h2,4H,5H2,1H3. The number of allylic oxidation sites excluding steroid dienone is 1. The fourth-order valence-corrected chi connectivity index (χ4v) is 0.417. The summed E-state index contributed by atoms with van der Waals surface area (Å²) < 4.78 is 1.06. The van der Waals surface area contributed by atoms with Crippen LogP contribution in [0.4, 0.5) is 0 Å². The largest absolute Gasteiger partial charge is 0.129 e. The molecule has 0 fully saturated rings. The molecule has 0 rings (SSSR count). The highest BCUT2D eigenvalue weighted by Crippen LogP contribution is 1.78. The van der Waals surface area contributed by atoms with Crippen LogP contribution in [0.15, 0.2) is 17.9 Å².